The standard InChI is InChI=1S/C12H12N2O3/c1-14-10(15)6-9(12(14)17)7-4-2-3-5-8(7)11(13)16/h2-5,9H,6H2,1H3,(H2,13,16)/t9-/m0/s1. The molecule has 0 aliphatic carbocycles. The maximum Gasteiger partial charge on any atom is 0.249 e. The molecule has 1 heterocycles. The Kier molecular flexibility index (Phi) is 2.67. The maximum absolute atomic E-state index is 11.8. The first-order chi connectivity index (χ1) is 8.02. The van der Waals surface area contributed by atoms with Gasteiger partial charge in [0.2, 0.25) is 17.7 Å². The second-order valence-electron chi connectivity index (χ2n) is 4.00. The van der Waals surface area contributed by atoms with Crippen LogP contribution in [0, 0.1) is 0 Å². The number of primary amides is 1. The van der Waals surface area contributed by atoms with E-state index in [2.05, 4.69) is 0 Å². The van der Waals surface area contributed by atoms with Gasteiger partial charge in [-0.15, -0.1) is 0 Å². The molecule has 1 aromatic carbocycles. The van der Waals surface area contributed by atoms with Crippen molar-refractivity contribution in [2.75, 3.05) is 7.05 Å². The van der Waals surface area contributed by atoms with Crippen molar-refractivity contribution in [1.82, 2.24) is 4.90 Å². The number of hydrogen-bond acceptors (Lipinski definition) is 3. The molecule has 1 aliphatic heterocycles. The second kappa shape index (κ2) is 4.01. The number of likely N-dealkylation sites (tertiary alicyclic amines) is 1. The monoisotopic (exact) mass is 232 g/mol. The van der Waals surface area contributed by atoms with Crippen molar-refractivity contribution in [3.8, 4) is 0 Å². The van der Waals surface area contributed by atoms with Crippen LogP contribution < -0.4 is 5.73 Å². The number of imide groups is 1. The van der Waals surface area contributed by atoms with Crippen LogP contribution in [0.2, 0.25) is 0 Å². The van der Waals surface area contributed by atoms with Gasteiger partial charge in [0.25, 0.3) is 0 Å². The van der Waals surface area contributed by atoms with Crippen LogP contribution >= 0.6 is 0 Å². The van der Waals surface area contributed by atoms with E-state index in [0.717, 1.165) is 4.90 Å². The Morgan fingerprint density at radius 1 is 1.35 bits per heavy atom. The molecule has 2 N–H and O–H groups in total. The lowest BCUT2D eigenvalue weighted by atomic mass is 9.92. The van der Waals surface area contributed by atoms with E-state index in [4.69, 9.17) is 5.73 Å². The van der Waals surface area contributed by atoms with Gasteiger partial charge in [0.15, 0.2) is 0 Å². The predicted molar refractivity (Wildman–Crippen MR) is 60.1 cm³/mol. The summed E-state index contributed by atoms with van der Waals surface area (Å²) in [4.78, 5) is 35.6. The third kappa shape index (κ3) is 1.80. The van der Waals surface area contributed by atoms with Gasteiger partial charge in [0.1, 0.15) is 0 Å². The summed E-state index contributed by atoms with van der Waals surface area (Å²) in [5.41, 5.74) is 6.08. The summed E-state index contributed by atoms with van der Waals surface area (Å²) in [5.74, 6) is -1.70. The zero-order chi connectivity index (χ0) is 12.6. The first-order valence-electron chi connectivity index (χ1n) is 5.21. The van der Waals surface area contributed by atoms with Crippen LogP contribution in [0.3, 0.4) is 0 Å². The smallest absolute Gasteiger partial charge is 0.249 e. The minimum atomic E-state index is -0.588. The number of amides is 3. The molecule has 5 heteroatoms. The molecule has 0 radical (unpaired) electrons. The minimum Gasteiger partial charge on any atom is -0.366 e. The highest BCUT2D eigenvalue weighted by molar-refractivity contribution is 6.07. The van der Waals surface area contributed by atoms with Crippen molar-refractivity contribution < 1.29 is 14.4 Å². The van der Waals surface area contributed by atoms with Crippen LogP contribution in [0.1, 0.15) is 28.3 Å². The molecule has 1 atom stereocenters. The van der Waals surface area contributed by atoms with E-state index in [1.54, 1.807) is 24.3 Å². The summed E-state index contributed by atoms with van der Waals surface area (Å²) in [6.45, 7) is 0. The number of nitrogens with zero attached hydrogens (tertiary/aromatic N) is 1. The molecule has 3 amide bonds. The number of carbonyl (C=O) groups excluding carboxylic acids is 3. The van der Waals surface area contributed by atoms with Gasteiger partial charge in [-0.3, -0.25) is 19.3 Å². The lowest BCUT2D eigenvalue weighted by molar-refractivity contribution is -0.137. The quantitative estimate of drug-likeness (QED) is 0.742. The third-order valence-corrected chi connectivity index (χ3v) is 2.98. The van der Waals surface area contributed by atoms with Gasteiger partial charge >= 0.3 is 0 Å². The van der Waals surface area contributed by atoms with Crippen molar-refractivity contribution in [2.45, 2.75) is 12.3 Å². The van der Waals surface area contributed by atoms with Gasteiger partial charge in [0, 0.05) is 19.0 Å². The van der Waals surface area contributed by atoms with Gasteiger partial charge in [0.05, 0.1) is 5.92 Å². The van der Waals surface area contributed by atoms with Gasteiger partial charge in [-0.1, -0.05) is 18.2 Å². The summed E-state index contributed by atoms with van der Waals surface area (Å²) in [6.07, 6.45) is 0.0969. The van der Waals surface area contributed by atoms with Crippen LogP contribution in [0.5, 0.6) is 0 Å². The van der Waals surface area contributed by atoms with Crippen LogP contribution in [-0.4, -0.2) is 29.7 Å². The normalized spacial score (nSPS) is 19.8. The largest absolute Gasteiger partial charge is 0.366 e. The van der Waals surface area contributed by atoms with Crippen molar-refractivity contribution >= 4 is 17.7 Å². The van der Waals surface area contributed by atoms with E-state index < -0.39 is 11.8 Å². The number of rotatable bonds is 2. The number of nitrogens with two attached hydrogens (primary N) is 1. The molecule has 0 unspecified atom stereocenters. The molecule has 0 bridgehead atoms. The zero-order valence-electron chi connectivity index (χ0n) is 9.34. The van der Waals surface area contributed by atoms with Crippen LogP contribution in [0.15, 0.2) is 24.3 Å². The lowest BCUT2D eigenvalue weighted by Gasteiger charge is -2.11. The first-order valence-corrected chi connectivity index (χ1v) is 5.21. The Balaban J connectivity index is 2.45. The minimum absolute atomic E-state index is 0.0969. The average Bonchev–Trinajstić information content (AvgIpc) is 2.57. The fourth-order valence-corrected chi connectivity index (χ4v) is 2.02. The van der Waals surface area contributed by atoms with Crippen molar-refractivity contribution in [2.24, 2.45) is 5.73 Å². The molecule has 2 rings (SSSR count). The Labute approximate surface area is 98.2 Å². The highest BCUT2D eigenvalue weighted by Crippen LogP contribution is 2.30. The fraction of sp³-hybridized carbons (Fsp3) is 0.250. The second-order valence-corrected chi connectivity index (χ2v) is 4.00. The summed E-state index contributed by atoms with van der Waals surface area (Å²) in [7, 11) is 1.44. The molecule has 1 aromatic rings. The van der Waals surface area contributed by atoms with E-state index in [0.29, 0.717) is 11.1 Å². The number of hydrogen-bond donors (Lipinski definition) is 1. The summed E-state index contributed by atoms with van der Waals surface area (Å²) >= 11 is 0. The third-order valence-electron chi connectivity index (χ3n) is 2.98. The molecule has 0 saturated carbocycles. The molecule has 0 spiro atoms. The fourth-order valence-electron chi connectivity index (χ4n) is 2.02. The van der Waals surface area contributed by atoms with Crippen LogP contribution in [0.4, 0.5) is 0 Å². The summed E-state index contributed by atoms with van der Waals surface area (Å²) in [5, 5.41) is 0. The molecule has 88 valence electrons. The van der Waals surface area contributed by atoms with E-state index in [1.165, 1.54) is 7.05 Å². The topological polar surface area (TPSA) is 80.5 Å². The van der Waals surface area contributed by atoms with Crippen LogP contribution in [-0.2, 0) is 9.59 Å². The molecule has 5 nitrogen and oxygen atoms in total. The molecule has 1 aliphatic rings. The highest BCUT2D eigenvalue weighted by Gasteiger charge is 2.38. The molecule has 0 aromatic heterocycles. The van der Waals surface area contributed by atoms with E-state index >= 15 is 0 Å². The number of benzene rings is 1. The lowest BCUT2D eigenvalue weighted by Crippen LogP contribution is -2.26. The van der Waals surface area contributed by atoms with E-state index in [9.17, 15) is 14.4 Å². The Morgan fingerprint density at radius 3 is 2.53 bits per heavy atom. The van der Waals surface area contributed by atoms with Crippen LogP contribution in [0.25, 0.3) is 0 Å². The van der Waals surface area contributed by atoms with Crippen molar-refractivity contribution in [3.63, 3.8) is 0 Å². The summed E-state index contributed by atoms with van der Waals surface area (Å²) < 4.78 is 0. The van der Waals surface area contributed by atoms with Gasteiger partial charge < -0.3 is 5.73 Å². The van der Waals surface area contributed by atoms with Gasteiger partial charge in [-0.25, -0.2) is 0 Å². The van der Waals surface area contributed by atoms with Crippen molar-refractivity contribution in [3.05, 3.63) is 35.4 Å². The molecular formula is C12H12N2O3. The van der Waals surface area contributed by atoms with E-state index in [-0.39, 0.29) is 18.2 Å². The Hall–Kier alpha value is -2.17. The van der Waals surface area contributed by atoms with Gasteiger partial charge in [-0.05, 0) is 11.6 Å². The first kappa shape index (κ1) is 11.3. The molecule has 17 heavy (non-hydrogen) atoms. The average molecular weight is 232 g/mol. The number of carbonyl (C=O) groups is 3. The van der Waals surface area contributed by atoms with Gasteiger partial charge in [-0.2, -0.15) is 0 Å². The molecule has 1 fully saturated rings. The van der Waals surface area contributed by atoms with E-state index in [1.807, 2.05) is 0 Å². The molecular weight excluding hydrogens is 220 g/mol. The van der Waals surface area contributed by atoms with Crippen molar-refractivity contribution in [1.29, 1.82) is 0 Å². The predicted octanol–water partition coefficient (Wildman–Crippen LogP) is 0.258. The Bertz CT molecular complexity index is 510. The summed E-state index contributed by atoms with van der Waals surface area (Å²) in [6, 6.07) is 6.62. The maximum atomic E-state index is 11.8. The highest BCUT2D eigenvalue weighted by atomic mass is 16.2. The Morgan fingerprint density at radius 2 is 2.00 bits per heavy atom. The SMILES string of the molecule is CN1C(=O)C[C@@H](c2ccccc2C(N)=O)C1=O. The number of likely N-dealkylation sites (N-methyl/N-ethyl adjacent to an activating group) is 1. The zero-order valence-corrected chi connectivity index (χ0v) is 9.34. The molecule has 1 saturated heterocycles.